The fourth-order valence-electron chi connectivity index (χ4n) is 4.66. The lowest BCUT2D eigenvalue weighted by molar-refractivity contribution is -0.143. The lowest BCUT2D eigenvalue weighted by atomic mass is 9.68. The second kappa shape index (κ2) is 7.65. The van der Waals surface area contributed by atoms with Crippen molar-refractivity contribution in [3.63, 3.8) is 0 Å². The number of aryl methyl sites for hydroxylation is 3. The van der Waals surface area contributed by atoms with E-state index in [4.69, 9.17) is 4.74 Å². The molecular formula is C23H30N2O4. The summed E-state index contributed by atoms with van der Waals surface area (Å²) < 4.78 is 11.8. The quantitative estimate of drug-likeness (QED) is 0.567. The molecule has 0 saturated heterocycles. The number of ketones is 1. The van der Waals surface area contributed by atoms with E-state index in [1.165, 1.54) is 29.3 Å². The third-order valence-electron chi connectivity index (χ3n) is 6.02. The van der Waals surface area contributed by atoms with E-state index in [1.54, 1.807) is 14.0 Å². The van der Waals surface area contributed by atoms with E-state index in [0.717, 1.165) is 24.0 Å². The Hall–Kier alpha value is -2.63. The van der Waals surface area contributed by atoms with Gasteiger partial charge in [0.05, 0.1) is 12.8 Å². The molecule has 0 spiro atoms. The molecule has 0 unspecified atom stereocenters. The van der Waals surface area contributed by atoms with Gasteiger partial charge in [0.1, 0.15) is 5.56 Å². The van der Waals surface area contributed by atoms with Gasteiger partial charge < -0.3 is 9.47 Å². The molecule has 0 N–H and O–H groups in total. The number of rotatable bonds is 5. The zero-order chi connectivity index (χ0) is 21.5. The number of aromatic nitrogens is 2. The average Bonchev–Trinajstić information content (AvgIpc) is 2.94. The summed E-state index contributed by atoms with van der Waals surface area (Å²) in [6, 6.07) is 1.99. The first kappa shape index (κ1) is 21.1. The Morgan fingerprint density at radius 1 is 1.24 bits per heavy atom. The van der Waals surface area contributed by atoms with Gasteiger partial charge in [-0.05, 0) is 73.8 Å². The van der Waals surface area contributed by atoms with E-state index >= 15 is 0 Å². The Balaban J connectivity index is 2.11. The zero-order valence-electron chi connectivity index (χ0n) is 18.4. The van der Waals surface area contributed by atoms with Crippen LogP contribution in [0.25, 0.3) is 0 Å². The number of ether oxygens (including phenoxy) is 2. The van der Waals surface area contributed by atoms with Crippen molar-refractivity contribution in [2.45, 2.75) is 59.3 Å². The molecular weight excluding hydrogens is 368 g/mol. The van der Waals surface area contributed by atoms with Crippen LogP contribution in [-0.2, 0) is 28.4 Å². The molecule has 1 aliphatic carbocycles. The Kier molecular flexibility index (Phi) is 5.57. The van der Waals surface area contributed by atoms with Crippen molar-refractivity contribution < 1.29 is 19.1 Å². The van der Waals surface area contributed by atoms with Gasteiger partial charge in [-0.2, -0.15) is 5.10 Å². The summed E-state index contributed by atoms with van der Waals surface area (Å²) in [6.45, 7) is 10.1. The van der Waals surface area contributed by atoms with Crippen molar-refractivity contribution in [2.75, 3.05) is 13.7 Å². The minimum atomic E-state index is -0.509. The molecule has 3 rings (SSSR count). The van der Waals surface area contributed by atoms with Crippen LogP contribution in [0.15, 0.2) is 6.07 Å². The molecule has 29 heavy (non-hydrogen) atoms. The first-order valence-corrected chi connectivity index (χ1v) is 10.00. The minimum absolute atomic E-state index is 0.0346. The van der Waals surface area contributed by atoms with Gasteiger partial charge in [0.15, 0.2) is 6.61 Å². The maximum absolute atomic E-state index is 13.6. The number of carbonyl (C=O) groups is 2. The largest absolute Gasteiger partial charge is 0.466 e. The predicted molar refractivity (Wildman–Crippen MR) is 111 cm³/mol. The minimum Gasteiger partial charge on any atom is -0.466 e. The van der Waals surface area contributed by atoms with E-state index in [-0.39, 0.29) is 23.7 Å². The third-order valence-corrected chi connectivity index (χ3v) is 6.02. The maximum atomic E-state index is 13.6. The van der Waals surface area contributed by atoms with Crippen LogP contribution in [0.5, 0.6) is 5.88 Å². The number of carbonyl (C=O) groups excluding carboxylic acids is 2. The number of esters is 1. The lowest BCUT2D eigenvalue weighted by Crippen LogP contribution is -2.27. The Labute approximate surface area is 172 Å². The van der Waals surface area contributed by atoms with Gasteiger partial charge in [-0.25, -0.2) is 9.48 Å². The highest BCUT2D eigenvalue weighted by molar-refractivity contribution is 6.12. The molecule has 1 heterocycles. The van der Waals surface area contributed by atoms with Gasteiger partial charge in [-0.1, -0.05) is 13.8 Å². The zero-order valence-corrected chi connectivity index (χ0v) is 18.4. The van der Waals surface area contributed by atoms with Crippen LogP contribution < -0.4 is 4.74 Å². The fourth-order valence-corrected chi connectivity index (χ4v) is 4.66. The smallest absolute Gasteiger partial charge is 0.343 e. The van der Waals surface area contributed by atoms with Crippen molar-refractivity contribution in [2.24, 2.45) is 7.05 Å². The van der Waals surface area contributed by atoms with Crippen LogP contribution in [0.2, 0.25) is 0 Å². The van der Waals surface area contributed by atoms with Gasteiger partial charge in [-0.3, -0.25) is 4.79 Å². The van der Waals surface area contributed by atoms with Gasteiger partial charge in [0, 0.05) is 12.6 Å². The molecule has 156 valence electrons. The number of hydrogen-bond donors (Lipinski definition) is 0. The third kappa shape index (κ3) is 3.68. The van der Waals surface area contributed by atoms with Crippen LogP contribution in [0.1, 0.15) is 70.6 Å². The fraction of sp³-hybridized carbons (Fsp3) is 0.522. The number of nitrogens with zero attached hydrogens (tertiary/aromatic N) is 2. The topological polar surface area (TPSA) is 70.4 Å². The van der Waals surface area contributed by atoms with Crippen LogP contribution >= 0.6 is 0 Å². The molecule has 0 saturated carbocycles. The number of fused-ring (bicyclic) bond motifs is 1. The molecule has 6 nitrogen and oxygen atoms in total. The molecule has 0 bridgehead atoms. The standard InChI is InChI=1S/C23H30N2O4/c1-13-11-17(14(2)20-16(13)9-8-10-23(20,4)5)21(27)19-15(3)24-25(6)22(19)29-12-18(26)28-7/h11H,8-10,12H2,1-7H3. The van der Waals surface area contributed by atoms with Crippen LogP contribution in [0.3, 0.4) is 0 Å². The lowest BCUT2D eigenvalue weighted by Gasteiger charge is -2.36. The molecule has 1 aromatic heterocycles. The number of methoxy groups -OCH3 is 1. The molecule has 0 fully saturated rings. The molecule has 2 aromatic rings. The summed E-state index contributed by atoms with van der Waals surface area (Å²) in [7, 11) is 3.00. The monoisotopic (exact) mass is 398 g/mol. The maximum Gasteiger partial charge on any atom is 0.343 e. The summed E-state index contributed by atoms with van der Waals surface area (Å²) in [6.07, 6.45) is 3.33. The molecule has 0 amide bonds. The predicted octanol–water partition coefficient (Wildman–Crippen LogP) is 3.74. The van der Waals surface area contributed by atoms with Gasteiger partial charge in [0.2, 0.25) is 11.7 Å². The first-order chi connectivity index (χ1) is 13.6. The Bertz CT molecular complexity index is 985. The van der Waals surface area contributed by atoms with Crippen molar-refractivity contribution in [1.82, 2.24) is 9.78 Å². The SMILES string of the molecule is COC(=O)COc1c(C(=O)c2cc(C)c3c(c2C)C(C)(C)CCC3)c(C)nn1C. The Morgan fingerprint density at radius 2 is 1.93 bits per heavy atom. The summed E-state index contributed by atoms with van der Waals surface area (Å²) in [5, 5.41) is 4.35. The molecule has 1 aliphatic rings. The second-order valence-corrected chi connectivity index (χ2v) is 8.54. The molecule has 0 aliphatic heterocycles. The highest BCUT2D eigenvalue weighted by Crippen LogP contribution is 2.42. The van der Waals surface area contributed by atoms with E-state index in [0.29, 0.717) is 16.8 Å². The van der Waals surface area contributed by atoms with E-state index < -0.39 is 5.97 Å². The normalized spacial score (nSPS) is 15.0. The van der Waals surface area contributed by atoms with Crippen molar-refractivity contribution >= 4 is 11.8 Å². The highest BCUT2D eigenvalue weighted by Gasteiger charge is 2.33. The summed E-state index contributed by atoms with van der Waals surface area (Å²) in [5.41, 5.74) is 6.54. The van der Waals surface area contributed by atoms with E-state index in [1.807, 2.05) is 13.0 Å². The van der Waals surface area contributed by atoms with Crippen molar-refractivity contribution in [1.29, 1.82) is 0 Å². The van der Waals surface area contributed by atoms with Gasteiger partial charge >= 0.3 is 5.97 Å². The highest BCUT2D eigenvalue weighted by atomic mass is 16.6. The Morgan fingerprint density at radius 3 is 2.59 bits per heavy atom. The van der Waals surface area contributed by atoms with Crippen LogP contribution in [0, 0.1) is 20.8 Å². The number of benzene rings is 1. The molecule has 1 aromatic carbocycles. The van der Waals surface area contributed by atoms with Crippen molar-refractivity contribution in [3.05, 3.63) is 45.1 Å². The second-order valence-electron chi connectivity index (χ2n) is 8.54. The summed E-state index contributed by atoms with van der Waals surface area (Å²) >= 11 is 0. The van der Waals surface area contributed by atoms with Gasteiger partial charge in [-0.15, -0.1) is 0 Å². The summed E-state index contributed by atoms with van der Waals surface area (Å²) in [5.74, 6) is -0.350. The number of hydrogen-bond acceptors (Lipinski definition) is 5. The molecule has 0 radical (unpaired) electrons. The van der Waals surface area contributed by atoms with Crippen LogP contribution in [-0.4, -0.2) is 35.2 Å². The average molecular weight is 399 g/mol. The van der Waals surface area contributed by atoms with Crippen molar-refractivity contribution in [3.8, 4) is 5.88 Å². The van der Waals surface area contributed by atoms with E-state index in [2.05, 4.69) is 30.6 Å². The van der Waals surface area contributed by atoms with Crippen LogP contribution in [0.4, 0.5) is 0 Å². The molecule has 6 heteroatoms. The van der Waals surface area contributed by atoms with E-state index in [9.17, 15) is 9.59 Å². The summed E-state index contributed by atoms with van der Waals surface area (Å²) in [4.78, 5) is 25.2. The van der Waals surface area contributed by atoms with Gasteiger partial charge in [0.25, 0.3) is 0 Å². The molecule has 0 atom stereocenters. The first-order valence-electron chi connectivity index (χ1n) is 10.00.